The van der Waals surface area contributed by atoms with Gasteiger partial charge in [0.2, 0.25) is 0 Å². The molecule has 1 heterocycles. The van der Waals surface area contributed by atoms with E-state index in [0.717, 1.165) is 30.7 Å². The fraction of sp³-hybridized carbons (Fsp3) is 0.406. The van der Waals surface area contributed by atoms with Crippen molar-refractivity contribution >= 4 is 11.7 Å². The van der Waals surface area contributed by atoms with Gasteiger partial charge in [-0.3, -0.25) is 4.79 Å². The lowest BCUT2D eigenvalue weighted by atomic mass is 9.97. The Morgan fingerprint density at radius 1 is 1.15 bits per heavy atom. The summed E-state index contributed by atoms with van der Waals surface area (Å²) < 4.78 is 46.1. The Morgan fingerprint density at radius 3 is 2.67 bits per heavy atom. The third-order valence-electron chi connectivity index (χ3n) is 6.58. The topological polar surface area (TPSA) is 82.8 Å². The van der Waals surface area contributed by atoms with Gasteiger partial charge in [0.15, 0.2) is 0 Å². The van der Waals surface area contributed by atoms with Crippen molar-refractivity contribution < 1.29 is 27.8 Å². The molecule has 6 nitrogen and oxygen atoms in total. The number of carbonyl (C=O) groups excluding carboxylic acids is 1. The molecular formula is C32H38F2N2O4. The zero-order valence-electron chi connectivity index (χ0n) is 23.3. The molecule has 0 spiro atoms. The molecule has 0 aromatic heterocycles. The first-order valence-electron chi connectivity index (χ1n) is 13.7. The van der Waals surface area contributed by atoms with E-state index >= 15 is 4.39 Å². The second-order valence-corrected chi connectivity index (χ2v) is 11.1. The Hall–Kier alpha value is -3.49. The van der Waals surface area contributed by atoms with Crippen LogP contribution in [0.15, 0.2) is 60.7 Å². The fourth-order valence-corrected chi connectivity index (χ4v) is 4.70. The standard InChI is InChI=1S/C32H38F2N2O4/c1-32(2,3)40-30(37)17-22-8-4-5-12-29(22)39-20-21-14-23(16-24(15-21)36-19-25-9-7-13-38-25)26-10-6-11-27(31(26)34)28(35)18-33/h4-6,8,10-12,14-16,25,28,36H,7,9,13,17-20,35H2,1-3H3. The van der Waals surface area contributed by atoms with Crippen molar-refractivity contribution in [2.45, 2.75) is 64.4 Å². The fourth-order valence-electron chi connectivity index (χ4n) is 4.70. The van der Waals surface area contributed by atoms with Crippen molar-refractivity contribution in [2.24, 2.45) is 5.73 Å². The predicted molar refractivity (Wildman–Crippen MR) is 153 cm³/mol. The number of rotatable bonds is 11. The summed E-state index contributed by atoms with van der Waals surface area (Å²) >= 11 is 0. The molecule has 1 saturated heterocycles. The number of halogens is 2. The van der Waals surface area contributed by atoms with E-state index in [4.69, 9.17) is 19.9 Å². The average Bonchev–Trinajstić information content (AvgIpc) is 3.44. The third-order valence-corrected chi connectivity index (χ3v) is 6.58. The van der Waals surface area contributed by atoms with Gasteiger partial charge in [0, 0.05) is 35.5 Å². The molecule has 1 fully saturated rings. The van der Waals surface area contributed by atoms with Crippen LogP contribution < -0.4 is 15.8 Å². The van der Waals surface area contributed by atoms with Gasteiger partial charge in [0.1, 0.15) is 30.4 Å². The second kappa shape index (κ2) is 13.2. The van der Waals surface area contributed by atoms with E-state index in [1.54, 1.807) is 12.1 Å². The first-order valence-corrected chi connectivity index (χ1v) is 13.7. The van der Waals surface area contributed by atoms with Crippen molar-refractivity contribution in [3.63, 3.8) is 0 Å². The van der Waals surface area contributed by atoms with Crippen LogP contribution in [0.1, 0.15) is 56.3 Å². The number of hydrogen-bond donors (Lipinski definition) is 2. The second-order valence-electron chi connectivity index (χ2n) is 11.1. The summed E-state index contributed by atoms with van der Waals surface area (Å²) in [7, 11) is 0. The SMILES string of the molecule is CC(C)(C)OC(=O)Cc1ccccc1OCc1cc(NCC2CCCO2)cc(-c2cccc(C(N)CF)c2F)c1. The number of esters is 1. The molecule has 3 N–H and O–H groups in total. The Labute approximate surface area is 234 Å². The molecule has 8 heteroatoms. The molecule has 0 amide bonds. The molecule has 0 bridgehead atoms. The van der Waals surface area contributed by atoms with Crippen LogP contribution in [0.25, 0.3) is 11.1 Å². The predicted octanol–water partition coefficient (Wildman–Crippen LogP) is 6.52. The summed E-state index contributed by atoms with van der Waals surface area (Å²) in [6.45, 7) is 6.18. The molecule has 40 heavy (non-hydrogen) atoms. The van der Waals surface area contributed by atoms with Gasteiger partial charge < -0.3 is 25.3 Å². The van der Waals surface area contributed by atoms with E-state index < -0.39 is 24.1 Å². The van der Waals surface area contributed by atoms with Crippen LogP contribution in [-0.4, -0.2) is 37.5 Å². The van der Waals surface area contributed by atoms with Gasteiger partial charge in [-0.25, -0.2) is 8.78 Å². The molecule has 4 rings (SSSR count). The van der Waals surface area contributed by atoms with Crippen molar-refractivity contribution in [1.29, 1.82) is 0 Å². The number of ether oxygens (including phenoxy) is 3. The number of carbonyl (C=O) groups is 1. The number of para-hydroxylation sites is 1. The maximum atomic E-state index is 15.5. The Balaban J connectivity index is 1.59. The van der Waals surface area contributed by atoms with Gasteiger partial charge in [0.25, 0.3) is 0 Å². The van der Waals surface area contributed by atoms with Gasteiger partial charge >= 0.3 is 5.97 Å². The first-order chi connectivity index (χ1) is 19.1. The van der Waals surface area contributed by atoms with E-state index in [0.29, 0.717) is 29.0 Å². The average molecular weight is 553 g/mol. The van der Waals surface area contributed by atoms with Crippen LogP contribution in [0.3, 0.4) is 0 Å². The summed E-state index contributed by atoms with van der Waals surface area (Å²) in [5.41, 5.74) is 8.60. The molecule has 214 valence electrons. The molecule has 3 aromatic carbocycles. The Kier molecular flexibility index (Phi) is 9.76. The van der Waals surface area contributed by atoms with Crippen molar-refractivity contribution in [3.8, 4) is 16.9 Å². The van der Waals surface area contributed by atoms with Gasteiger partial charge in [-0.05, 0) is 69.0 Å². The minimum atomic E-state index is -1.04. The number of anilines is 1. The molecule has 0 aliphatic carbocycles. The number of benzene rings is 3. The van der Waals surface area contributed by atoms with Gasteiger partial charge in [-0.2, -0.15) is 0 Å². The Bertz CT molecular complexity index is 1300. The van der Waals surface area contributed by atoms with Crippen LogP contribution in [0, 0.1) is 5.82 Å². The summed E-state index contributed by atoms with van der Waals surface area (Å²) in [5.74, 6) is -0.318. The van der Waals surface area contributed by atoms with Gasteiger partial charge in [0.05, 0.1) is 18.6 Å². The summed E-state index contributed by atoms with van der Waals surface area (Å²) in [6, 6.07) is 16.8. The normalized spacial score (nSPS) is 16.0. The first kappa shape index (κ1) is 29.5. The Morgan fingerprint density at radius 2 is 1.95 bits per heavy atom. The lowest BCUT2D eigenvalue weighted by Gasteiger charge is -2.20. The number of hydrogen-bond acceptors (Lipinski definition) is 6. The van der Waals surface area contributed by atoms with Crippen LogP contribution in [0.2, 0.25) is 0 Å². The highest BCUT2D eigenvalue weighted by atomic mass is 19.1. The van der Waals surface area contributed by atoms with Crippen molar-refractivity contribution in [3.05, 3.63) is 83.2 Å². The number of nitrogens with two attached hydrogens (primary N) is 1. The highest BCUT2D eigenvalue weighted by Crippen LogP contribution is 2.32. The zero-order valence-corrected chi connectivity index (χ0v) is 23.3. The van der Waals surface area contributed by atoms with Gasteiger partial charge in [-0.1, -0.05) is 36.4 Å². The molecule has 3 aromatic rings. The largest absolute Gasteiger partial charge is 0.489 e. The molecular weight excluding hydrogens is 514 g/mol. The lowest BCUT2D eigenvalue weighted by Crippen LogP contribution is -2.25. The quantitative estimate of drug-likeness (QED) is 0.264. The minimum Gasteiger partial charge on any atom is -0.489 e. The maximum Gasteiger partial charge on any atom is 0.310 e. The molecule has 0 saturated carbocycles. The molecule has 0 radical (unpaired) electrons. The van der Waals surface area contributed by atoms with Crippen LogP contribution >= 0.6 is 0 Å². The van der Waals surface area contributed by atoms with Crippen LogP contribution in [0.4, 0.5) is 14.5 Å². The monoisotopic (exact) mass is 552 g/mol. The van der Waals surface area contributed by atoms with E-state index in [9.17, 15) is 9.18 Å². The van der Waals surface area contributed by atoms with E-state index in [-0.39, 0.29) is 30.7 Å². The minimum absolute atomic E-state index is 0.0779. The smallest absolute Gasteiger partial charge is 0.310 e. The van der Waals surface area contributed by atoms with Crippen LogP contribution in [0.5, 0.6) is 5.75 Å². The van der Waals surface area contributed by atoms with E-state index in [1.165, 1.54) is 6.07 Å². The lowest BCUT2D eigenvalue weighted by molar-refractivity contribution is -0.153. The highest BCUT2D eigenvalue weighted by molar-refractivity contribution is 5.74. The number of nitrogens with one attached hydrogen (secondary N) is 1. The highest BCUT2D eigenvalue weighted by Gasteiger charge is 2.20. The van der Waals surface area contributed by atoms with Crippen molar-refractivity contribution in [2.75, 3.05) is 25.1 Å². The zero-order chi connectivity index (χ0) is 28.7. The van der Waals surface area contributed by atoms with E-state index in [2.05, 4.69) is 5.32 Å². The van der Waals surface area contributed by atoms with Crippen molar-refractivity contribution in [1.82, 2.24) is 0 Å². The maximum absolute atomic E-state index is 15.5. The molecule has 1 aliphatic rings. The summed E-state index contributed by atoms with van der Waals surface area (Å²) in [4.78, 5) is 12.4. The molecule has 1 aliphatic heterocycles. The third kappa shape index (κ3) is 8.02. The molecule has 2 atom stereocenters. The number of alkyl halides is 1. The van der Waals surface area contributed by atoms with Gasteiger partial charge in [-0.15, -0.1) is 0 Å². The van der Waals surface area contributed by atoms with Crippen LogP contribution in [-0.2, 0) is 27.3 Å². The molecule has 2 unspecified atom stereocenters. The summed E-state index contributed by atoms with van der Waals surface area (Å²) in [5, 5.41) is 3.41. The summed E-state index contributed by atoms with van der Waals surface area (Å²) in [6.07, 6.45) is 2.20. The van der Waals surface area contributed by atoms with E-state index in [1.807, 2.05) is 63.2 Å².